The van der Waals surface area contributed by atoms with Crippen molar-refractivity contribution in [3.05, 3.63) is 56.4 Å². The lowest BCUT2D eigenvalue weighted by atomic mass is 10.2. The molecule has 0 aliphatic rings. The molecule has 136 valence electrons. The number of thiazole rings is 1. The van der Waals surface area contributed by atoms with E-state index in [9.17, 15) is 14.9 Å². The fourth-order valence-electron chi connectivity index (χ4n) is 2.55. The molecule has 7 nitrogen and oxygen atoms in total. The van der Waals surface area contributed by atoms with Gasteiger partial charge in [0.2, 0.25) is 0 Å². The number of amides is 1. The van der Waals surface area contributed by atoms with Crippen LogP contribution in [0.15, 0.2) is 36.4 Å². The van der Waals surface area contributed by atoms with Crippen LogP contribution >= 0.6 is 34.3 Å². The summed E-state index contributed by atoms with van der Waals surface area (Å²) in [5.74, 6) is 0.299. The number of fused-ring (bicyclic) bond motifs is 2. The molecule has 0 unspecified atom stereocenters. The Morgan fingerprint density at radius 3 is 2.78 bits per heavy atom. The van der Waals surface area contributed by atoms with E-state index in [1.165, 1.54) is 23.5 Å². The number of non-ortho nitro benzene ring substituents is 1. The van der Waals surface area contributed by atoms with E-state index < -0.39 is 10.8 Å². The molecule has 0 fully saturated rings. The summed E-state index contributed by atoms with van der Waals surface area (Å²) in [5.41, 5.74) is 0.696. The van der Waals surface area contributed by atoms with Crippen molar-refractivity contribution >= 4 is 71.3 Å². The highest BCUT2D eigenvalue weighted by Gasteiger charge is 2.20. The number of nitro groups is 1. The Morgan fingerprint density at radius 2 is 2.04 bits per heavy atom. The number of methoxy groups -OCH3 is 1. The lowest BCUT2D eigenvalue weighted by Crippen LogP contribution is -2.10. The summed E-state index contributed by atoms with van der Waals surface area (Å²) in [6.45, 7) is 0. The Morgan fingerprint density at radius 1 is 1.22 bits per heavy atom. The smallest absolute Gasteiger partial charge is 0.270 e. The minimum absolute atomic E-state index is 0.0486. The second-order valence-corrected chi connectivity index (χ2v) is 7.95. The zero-order valence-electron chi connectivity index (χ0n) is 13.7. The van der Waals surface area contributed by atoms with Gasteiger partial charge in [0.15, 0.2) is 5.13 Å². The quantitative estimate of drug-likeness (QED) is 0.356. The molecule has 1 amide bonds. The summed E-state index contributed by atoms with van der Waals surface area (Å²) in [5, 5.41) is 15.0. The number of nitrogens with zero attached hydrogens (tertiary/aromatic N) is 2. The maximum Gasteiger partial charge on any atom is 0.270 e. The van der Waals surface area contributed by atoms with Gasteiger partial charge in [0, 0.05) is 22.2 Å². The standard InChI is InChI=1S/C17H10ClN3O4S2/c1-25-9-3-5-11-13(7-9)27-17(19-11)20-16(22)15-14(18)10-4-2-8(21(23)24)6-12(10)26-15/h2-7H,1H3,(H,19,20,22). The summed E-state index contributed by atoms with van der Waals surface area (Å²) in [4.78, 5) is 27.7. The molecule has 2 aromatic heterocycles. The number of hydrogen-bond donors (Lipinski definition) is 1. The fraction of sp³-hybridized carbons (Fsp3) is 0.0588. The highest BCUT2D eigenvalue weighted by Crippen LogP contribution is 2.38. The third kappa shape index (κ3) is 3.20. The third-order valence-electron chi connectivity index (χ3n) is 3.85. The SMILES string of the molecule is COc1ccc2nc(NC(=O)c3sc4cc([N+](=O)[O-])ccc4c3Cl)sc2c1. The number of hydrogen-bond acceptors (Lipinski definition) is 7. The second-order valence-electron chi connectivity index (χ2n) is 5.49. The first-order valence-corrected chi connectivity index (χ1v) is 9.59. The molecule has 0 saturated carbocycles. The van der Waals surface area contributed by atoms with Crippen molar-refractivity contribution in [3.63, 3.8) is 0 Å². The summed E-state index contributed by atoms with van der Waals surface area (Å²) in [6, 6.07) is 9.77. The number of nitrogens with one attached hydrogen (secondary N) is 1. The Labute approximate surface area is 165 Å². The lowest BCUT2D eigenvalue weighted by molar-refractivity contribution is -0.384. The average Bonchev–Trinajstić information content (AvgIpc) is 3.20. The number of nitro benzene ring substituents is 1. The first kappa shape index (κ1) is 17.7. The molecule has 0 bridgehead atoms. The van der Waals surface area contributed by atoms with E-state index in [1.54, 1.807) is 19.2 Å². The second kappa shape index (κ2) is 6.76. The summed E-state index contributed by atoms with van der Waals surface area (Å²) < 4.78 is 6.64. The lowest BCUT2D eigenvalue weighted by Gasteiger charge is -1.98. The van der Waals surface area contributed by atoms with Crippen LogP contribution in [-0.2, 0) is 0 Å². The van der Waals surface area contributed by atoms with Gasteiger partial charge in [-0.25, -0.2) is 4.98 Å². The van der Waals surface area contributed by atoms with Crippen LogP contribution in [0.1, 0.15) is 9.67 Å². The molecule has 1 N–H and O–H groups in total. The predicted molar refractivity (Wildman–Crippen MR) is 108 cm³/mol. The van der Waals surface area contributed by atoms with Gasteiger partial charge >= 0.3 is 0 Å². The van der Waals surface area contributed by atoms with Crippen LogP contribution in [0.5, 0.6) is 5.75 Å². The molecule has 0 spiro atoms. The van der Waals surface area contributed by atoms with E-state index in [4.69, 9.17) is 16.3 Å². The minimum Gasteiger partial charge on any atom is -0.497 e. The Bertz CT molecular complexity index is 1220. The number of carbonyl (C=O) groups is 1. The molecule has 4 rings (SSSR count). The van der Waals surface area contributed by atoms with E-state index in [1.807, 2.05) is 12.1 Å². The van der Waals surface area contributed by atoms with Crippen molar-refractivity contribution in [1.29, 1.82) is 0 Å². The van der Waals surface area contributed by atoms with Crippen molar-refractivity contribution in [1.82, 2.24) is 4.98 Å². The van der Waals surface area contributed by atoms with E-state index >= 15 is 0 Å². The fourth-order valence-corrected chi connectivity index (χ4v) is 4.89. The minimum atomic E-state index is -0.484. The molecule has 4 aromatic rings. The van der Waals surface area contributed by atoms with Gasteiger partial charge in [-0.3, -0.25) is 20.2 Å². The van der Waals surface area contributed by atoms with Crippen molar-refractivity contribution in [2.75, 3.05) is 12.4 Å². The van der Waals surface area contributed by atoms with Gasteiger partial charge in [0.05, 0.1) is 27.3 Å². The number of thiophene rings is 1. The zero-order chi connectivity index (χ0) is 19.1. The molecule has 10 heteroatoms. The van der Waals surface area contributed by atoms with Crippen molar-refractivity contribution in [2.24, 2.45) is 0 Å². The van der Waals surface area contributed by atoms with Crippen molar-refractivity contribution in [3.8, 4) is 5.75 Å². The van der Waals surface area contributed by atoms with Gasteiger partial charge in [0.25, 0.3) is 11.6 Å². The van der Waals surface area contributed by atoms with Crippen LogP contribution < -0.4 is 10.1 Å². The average molecular weight is 420 g/mol. The first-order chi connectivity index (χ1) is 13.0. The number of aromatic nitrogens is 1. The van der Waals surface area contributed by atoms with Crippen LogP contribution in [0.4, 0.5) is 10.8 Å². The zero-order valence-corrected chi connectivity index (χ0v) is 16.1. The maximum atomic E-state index is 12.6. The third-order valence-corrected chi connectivity index (χ3v) is 6.44. The molecule has 2 aromatic carbocycles. The summed E-state index contributed by atoms with van der Waals surface area (Å²) in [7, 11) is 1.58. The largest absolute Gasteiger partial charge is 0.497 e. The molecule has 0 radical (unpaired) electrons. The molecule has 27 heavy (non-hydrogen) atoms. The van der Waals surface area contributed by atoms with E-state index in [2.05, 4.69) is 10.3 Å². The number of benzene rings is 2. The molecule has 0 atom stereocenters. The molecule has 0 saturated heterocycles. The van der Waals surface area contributed by atoms with Gasteiger partial charge in [-0.1, -0.05) is 22.9 Å². The monoisotopic (exact) mass is 419 g/mol. The van der Waals surface area contributed by atoms with E-state index in [0.29, 0.717) is 21.0 Å². The number of carbonyl (C=O) groups excluding carboxylic acids is 1. The van der Waals surface area contributed by atoms with Gasteiger partial charge < -0.3 is 4.74 Å². The molecule has 0 aliphatic heterocycles. The number of ether oxygens (including phenoxy) is 1. The van der Waals surface area contributed by atoms with E-state index in [0.717, 1.165) is 21.6 Å². The normalized spacial score (nSPS) is 11.0. The highest BCUT2D eigenvalue weighted by atomic mass is 35.5. The van der Waals surface area contributed by atoms with Crippen LogP contribution in [0.25, 0.3) is 20.3 Å². The number of rotatable bonds is 4. The maximum absolute atomic E-state index is 12.6. The Kier molecular flexibility index (Phi) is 4.42. The summed E-state index contributed by atoms with van der Waals surface area (Å²) >= 11 is 8.74. The Hall–Kier alpha value is -2.75. The molecular formula is C17H10ClN3O4S2. The van der Waals surface area contributed by atoms with Gasteiger partial charge in [-0.05, 0) is 24.3 Å². The predicted octanol–water partition coefficient (Wildman–Crippen LogP) is 5.33. The molecule has 2 heterocycles. The number of halogens is 1. The molecule has 0 aliphatic carbocycles. The van der Waals surface area contributed by atoms with Crippen molar-refractivity contribution in [2.45, 2.75) is 0 Å². The Balaban J connectivity index is 1.66. The van der Waals surface area contributed by atoms with Crippen molar-refractivity contribution < 1.29 is 14.5 Å². The van der Waals surface area contributed by atoms with Crippen LogP contribution in [0.2, 0.25) is 5.02 Å². The van der Waals surface area contributed by atoms with Gasteiger partial charge in [-0.2, -0.15) is 0 Å². The van der Waals surface area contributed by atoms with E-state index in [-0.39, 0.29) is 15.6 Å². The first-order valence-electron chi connectivity index (χ1n) is 7.58. The molecular weight excluding hydrogens is 410 g/mol. The topological polar surface area (TPSA) is 94.4 Å². The summed E-state index contributed by atoms with van der Waals surface area (Å²) in [6.07, 6.45) is 0. The van der Waals surface area contributed by atoms with Crippen LogP contribution in [0.3, 0.4) is 0 Å². The highest BCUT2D eigenvalue weighted by molar-refractivity contribution is 7.23. The number of anilines is 1. The van der Waals surface area contributed by atoms with Crippen LogP contribution in [0, 0.1) is 10.1 Å². The van der Waals surface area contributed by atoms with Gasteiger partial charge in [0.1, 0.15) is 10.6 Å². The van der Waals surface area contributed by atoms with Gasteiger partial charge in [-0.15, -0.1) is 11.3 Å². The van der Waals surface area contributed by atoms with Crippen LogP contribution in [-0.4, -0.2) is 22.9 Å².